The third kappa shape index (κ3) is 5.55. The molecule has 214 valence electrons. The first-order chi connectivity index (χ1) is 18.8. The summed E-state index contributed by atoms with van der Waals surface area (Å²) in [5.74, 6) is -0.00375. The van der Waals surface area contributed by atoms with E-state index in [0.29, 0.717) is 13.1 Å². The normalized spacial score (nSPS) is 37.9. The van der Waals surface area contributed by atoms with E-state index in [1.807, 2.05) is 11.9 Å². The SMILES string of the molecule is C/C1=C/CN2C(=O)C3CNC(Nc4ccc(N5CCN(C)CC5)cc4)NC3N2C2CCCC(N2)C(C)(O)CC1. The Kier molecular flexibility index (Phi) is 7.60. The molecule has 5 aliphatic rings. The third-order valence-electron chi connectivity index (χ3n) is 9.51. The lowest BCUT2D eigenvalue weighted by Gasteiger charge is -2.47. The highest BCUT2D eigenvalue weighted by atomic mass is 16.3. The minimum absolute atomic E-state index is 0.00453. The summed E-state index contributed by atoms with van der Waals surface area (Å²) in [4.78, 5) is 18.5. The summed E-state index contributed by atoms with van der Waals surface area (Å²) >= 11 is 0. The number of fused-ring (bicyclic) bond motifs is 6. The number of nitrogens with one attached hydrogen (secondary N) is 4. The molecule has 5 N–H and O–H groups in total. The highest BCUT2D eigenvalue weighted by Gasteiger charge is 2.52. The van der Waals surface area contributed by atoms with Crippen LogP contribution in [0.2, 0.25) is 0 Å². The molecule has 10 nitrogen and oxygen atoms in total. The zero-order valence-corrected chi connectivity index (χ0v) is 23.7. The highest BCUT2D eigenvalue weighted by molar-refractivity contribution is 5.82. The number of hydrogen-bond acceptors (Lipinski definition) is 9. The molecule has 0 saturated carbocycles. The van der Waals surface area contributed by atoms with Crippen molar-refractivity contribution in [1.29, 1.82) is 0 Å². The second kappa shape index (κ2) is 11.0. The van der Waals surface area contributed by atoms with Crippen molar-refractivity contribution in [2.24, 2.45) is 5.92 Å². The fourth-order valence-corrected chi connectivity index (χ4v) is 6.86. The van der Waals surface area contributed by atoms with E-state index in [2.05, 4.69) is 80.4 Å². The number of benzene rings is 1. The third-order valence-corrected chi connectivity index (χ3v) is 9.51. The van der Waals surface area contributed by atoms with Crippen molar-refractivity contribution in [2.75, 3.05) is 56.5 Å². The van der Waals surface area contributed by atoms with Crippen molar-refractivity contribution in [1.82, 2.24) is 30.9 Å². The molecule has 0 spiro atoms. The summed E-state index contributed by atoms with van der Waals surface area (Å²) in [7, 11) is 2.18. The van der Waals surface area contributed by atoms with Crippen LogP contribution in [0.4, 0.5) is 11.4 Å². The topological polar surface area (TPSA) is 98.4 Å². The molecular formula is C29H46N8O2. The molecule has 5 aliphatic heterocycles. The number of carbonyl (C=O) groups is 1. The van der Waals surface area contributed by atoms with Crippen LogP contribution in [0.15, 0.2) is 35.9 Å². The maximum atomic E-state index is 13.7. The van der Waals surface area contributed by atoms with Crippen LogP contribution in [0, 0.1) is 5.92 Å². The van der Waals surface area contributed by atoms with Crippen molar-refractivity contribution >= 4 is 17.3 Å². The predicted molar refractivity (Wildman–Crippen MR) is 154 cm³/mol. The van der Waals surface area contributed by atoms with E-state index in [1.165, 1.54) is 11.3 Å². The van der Waals surface area contributed by atoms with Crippen molar-refractivity contribution in [3.05, 3.63) is 35.9 Å². The monoisotopic (exact) mass is 538 g/mol. The van der Waals surface area contributed by atoms with Crippen LogP contribution in [0.1, 0.15) is 46.0 Å². The van der Waals surface area contributed by atoms with Crippen molar-refractivity contribution in [3.63, 3.8) is 0 Å². The van der Waals surface area contributed by atoms with Gasteiger partial charge >= 0.3 is 0 Å². The summed E-state index contributed by atoms with van der Waals surface area (Å²) in [5.41, 5.74) is 2.74. The van der Waals surface area contributed by atoms with Gasteiger partial charge in [0.1, 0.15) is 6.29 Å². The Labute approximate surface area is 232 Å². The zero-order valence-electron chi connectivity index (χ0n) is 23.7. The zero-order chi connectivity index (χ0) is 27.1. The molecule has 2 bridgehead atoms. The first kappa shape index (κ1) is 27.0. The van der Waals surface area contributed by atoms with E-state index in [0.717, 1.165) is 64.0 Å². The van der Waals surface area contributed by atoms with Crippen molar-refractivity contribution in [2.45, 2.75) is 76.2 Å². The Hall–Kier alpha value is -2.21. The lowest BCUT2D eigenvalue weighted by Crippen LogP contribution is -2.69. The van der Waals surface area contributed by atoms with Crippen molar-refractivity contribution in [3.8, 4) is 0 Å². The minimum Gasteiger partial charge on any atom is -0.389 e. The summed E-state index contributed by atoms with van der Waals surface area (Å²) in [5, 5.41) is 30.1. The van der Waals surface area contributed by atoms with Crippen LogP contribution in [-0.4, -0.2) is 103 Å². The van der Waals surface area contributed by atoms with E-state index >= 15 is 0 Å². The highest BCUT2D eigenvalue weighted by Crippen LogP contribution is 2.35. The van der Waals surface area contributed by atoms with Crippen LogP contribution < -0.4 is 26.2 Å². The van der Waals surface area contributed by atoms with Gasteiger partial charge in [-0.1, -0.05) is 11.6 Å². The van der Waals surface area contributed by atoms with E-state index in [1.54, 1.807) is 0 Å². The number of likely N-dealkylation sites (N-methyl/N-ethyl adjacent to an activating group) is 1. The van der Waals surface area contributed by atoms with Crippen LogP contribution >= 0.6 is 0 Å². The van der Waals surface area contributed by atoms with Gasteiger partial charge in [0.25, 0.3) is 0 Å². The van der Waals surface area contributed by atoms with Gasteiger partial charge < -0.3 is 20.2 Å². The quantitative estimate of drug-likeness (QED) is 0.365. The van der Waals surface area contributed by atoms with Gasteiger partial charge in [-0.3, -0.25) is 25.8 Å². The Morgan fingerprint density at radius 3 is 2.62 bits per heavy atom. The van der Waals surface area contributed by atoms with Gasteiger partial charge in [-0.2, -0.15) is 5.01 Å². The number of hydrazine groups is 1. The molecule has 1 aromatic carbocycles. The molecule has 4 fully saturated rings. The summed E-state index contributed by atoms with van der Waals surface area (Å²) in [6.45, 7) is 9.54. The van der Waals surface area contributed by atoms with E-state index in [-0.39, 0.29) is 36.5 Å². The number of aliphatic hydroxyl groups is 1. The number of rotatable bonds is 3. The first-order valence-corrected chi connectivity index (χ1v) is 14.8. The fourth-order valence-electron chi connectivity index (χ4n) is 6.86. The molecule has 6 rings (SSSR count). The molecule has 39 heavy (non-hydrogen) atoms. The molecular weight excluding hydrogens is 492 g/mol. The van der Waals surface area contributed by atoms with E-state index in [4.69, 9.17) is 0 Å². The van der Waals surface area contributed by atoms with Gasteiger partial charge in [0.15, 0.2) is 0 Å². The van der Waals surface area contributed by atoms with Gasteiger partial charge in [-0.15, -0.1) is 0 Å². The van der Waals surface area contributed by atoms with Gasteiger partial charge in [0.05, 0.1) is 30.4 Å². The molecule has 6 unspecified atom stereocenters. The Balaban J connectivity index is 1.18. The second-order valence-corrected chi connectivity index (χ2v) is 12.4. The molecule has 0 aromatic heterocycles. The Morgan fingerprint density at radius 2 is 1.85 bits per heavy atom. The number of piperazine rings is 1. The molecule has 10 heteroatoms. The first-order valence-electron chi connectivity index (χ1n) is 14.8. The van der Waals surface area contributed by atoms with Crippen LogP contribution in [0.5, 0.6) is 0 Å². The summed E-state index contributed by atoms with van der Waals surface area (Å²) < 4.78 is 0. The molecule has 0 radical (unpaired) electrons. The number of anilines is 2. The average Bonchev–Trinajstić information content (AvgIpc) is 3.21. The van der Waals surface area contributed by atoms with E-state index < -0.39 is 5.60 Å². The van der Waals surface area contributed by atoms with Gasteiger partial charge in [-0.05, 0) is 77.3 Å². The molecule has 6 atom stereocenters. The largest absolute Gasteiger partial charge is 0.389 e. The number of allylic oxidation sites excluding steroid dienone is 1. The van der Waals surface area contributed by atoms with Crippen molar-refractivity contribution < 1.29 is 9.90 Å². The standard InChI is InChI=1S/C29H46N8O2/c1-20-11-13-29(2,39)24-5-4-6-25(32-24)37-26-23(27(38)36(37)14-12-20)19-30-28(33-26)31-21-7-9-22(10-8-21)35-17-15-34(3)16-18-35/h7-10,12,23-26,28,30-33,39H,4-6,11,13-19H2,1-3H3/b20-12-. The molecule has 5 heterocycles. The molecule has 0 aliphatic carbocycles. The van der Waals surface area contributed by atoms with Crippen LogP contribution in [0.3, 0.4) is 0 Å². The number of hydrogen-bond donors (Lipinski definition) is 5. The smallest absolute Gasteiger partial charge is 0.244 e. The average molecular weight is 539 g/mol. The van der Waals surface area contributed by atoms with E-state index in [9.17, 15) is 9.90 Å². The molecule has 1 amide bonds. The Bertz CT molecular complexity index is 1050. The molecule has 1 aromatic rings. The van der Waals surface area contributed by atoms with Gasteiger partial charge in [0, 0.05) is 50.1 Å². The lowest BCUT2D eigenvalue weighted by molar-refractivity contribution is -0.146. The predicted octanol–water partition coefficient (Wildman–Crippen LogP) is 1.29. The number of amides is 1. The van der Waals surface area contributed by atoms with Gasteiger partial charge in [-0.25, -0.2) is 0 Å². The molecule has 4 saturated heterocycles. The van der Waals surface area contributed by atoms with Gasteiger partial charge in [0.2, 0.25) is 5.91 Å². The number of nitrogens with zero attached hydrogens (tertiary/aromatic N) is 4. The lowest BCUT2D eigenvalue weighted by atomic mass is 9.84. The Morgan fingerprint density at radius 1 is 1.08 bits per heavy atom. The maximum absolute atomic E-state index is 13.7. The summed E-state index contributed by atoms with van der Waals surface area (Å²) in [6, 6.07) is 8.69. The number of carbonyl (C=O) groups excluding carboxylic acids is 1. The van der Waals surface area contributed by atoms with Crippen LogP contribution in [0.25, 0.3) is 0 Å². The fraction of sp³-hybridized carbons (Fsp3) is 0.690. The summed E-state index contributed by atoms with van der Waals surface area (Å²) in [6.07, 6.45) is 6.36. The second-order valence-electron chi connectivity index (χ2n) is 12.4. The maximum Gasteiger partial charge on any atom is 0.244 e. The van der Waals surface area contributed by atoms with Crippen LogP contribution in [-0.2, 0) is 4.79 Å². The number of piperidine rings is 1. The minimum atomic E-state index is -0.784.